The minimum atomic E-state index is -3.43. The SMILES string of the molecule is Cc1ccc(S(=O)(=O)N2CCc3cc4c(cc3C2)OCCO4)s1. The molecule has 1 aromatic heterocycles. The number of aryl methyl sites for hydroxylation is 1. The summed E-state index contributed by atoms with van der Waals surface area (Å²) >= 11 is 1.32. The Morgan fingerprint density at radius 3 is 2.43 bits per heavy atom. The van der Waals surface area contributed by atoms with Gasteiger partial charge in [-0.1, -0.05) is 0 Å². The highest BCUT2D eigenvalue weighted by atomic mass is 32.2. The van der Waals surface area contributed by atoms with Gasteiger partial charge in [0.1, 0.15) is 17.4 Å². The molecule has 0 saturated carbocycles. The normalized spacial score (nSPS) is 17.8. The van der Waals surface area contributed by atoms with Crippen molar-refractivity contribution in [2.75, 3.05) is 19.8 Å². The molecule has 5 nitrogen and oxygen atoms in total. The molecule has 0 fully saturated rings. The smallest absolute Gasteiger partial charge is 0.252 e. The zero-order chi connectivity index (χ0) is 16.0. The van der Waals surface area contributed by atoms with E-state index in [0.717, 1.165) is 21.8 Å². The van der Waals surface area contributed by atoms with Crippen LogP contribution in [0.3, 0.4) is 0 Å². The maximum Gasteiger partial charge on any atom is 0.252 e. The number of ether oxygens (including phenoxy) is 2. The van der Waals surface area contributed by atoms with E-state index in [1.165, 1.54) is 11.3 Å². The highest BCUT2D eigenvalue weighted by Gasteiger charge is 2.30. The number of nitrogens with zero attached hydrogens (tertiary/aromatic N) is 1. The maximum absolute atomic E-state index is 12.8. The Bertz CT molecular complexity index is 857. The van der Waals surface area contributed by atoms with Gasteiger partial charge in [0.05, 0.1) is 0 Å². The minimum Gasteiger partial charge on any atom is -0.486 e. The summed E-state index contributed by atoms with van der Waals surface area (Å²) in [5, 5.41) is 0. The van der Waals surface area contributed by atoms with E-state index in [2.05, 4.69) is 0 Å². The third kappa shape index (κ3) is 2.62. The topological polar surface area (TPSA) is 55.8 Å². The van der Waals surface area contributed by atoms with Gasteiger partial charge < -0.3 is 9.47 Å². The second-order valence-corrected chi connectivity index (χ2v) is 9.17. The van der Waals surface area contributed by atoms with Gasteiger partial charge in [-0.2, -0.15) is 4.31 Å². The molecule has 0 N–H and O–H groups in total. The van der Waals surface area contributed by atoms with Crippen molar-refractivity contribution in [3.05, 3.63) is 40.3 Å². The number of sulfonamides is 1. The molecule has 0 unspecified atom stereocenters. The lowest BCUT2D eigenvalue weighted by atomic mass is 10.00. The average Bonchev–Trinajstić information content (AvgIpc) is 2.99. The molecule has 0 amide bonds. The summed E-state index contributed by atoms with van der Waals surface area (Å²) in [5.41, 5.74) is 2.14. The van der Waals surface area contributed by atoms with Crippen molar-refractivity contribution in [2.45, 2.75) is 24.1 Å². The quantitative estimate of drug-likeness (QED) is 0.834. The van der Waals surface area contributed by atoms with Crippen LogP contribution in [0.25, 0.3) is 0 Å². The average molecular weight is 351 g/mol. The lowest BCUT2D eigenvalue weighted by Gasteiger charge is -2.29. The van der Waals surface area contributed by atoms with Crippen molar-refractivity contribution in [3.8, 4) is 11.5 Å². The molecule has 122 valence electrons. The van der Waals surface area contributed by atoms with E-state index in [-0.39, 0.29) is 0 Å². The molecule has 0 bridgehead atoms. The Balaban J connectivity index is 1.66. The van der Waals surface area contributed by atoms with E-state index in [1.807, 2.05) is 25.1 Å². The first kappa shape index (κ1) is 15.0. The molecule has 3 heterocycles. The third-order valence-electron chi connectivity index (χ3n) is 4.15. The Hall–Kier alpha value is -1.57. The van der Waals surface area contributed by atoms with Crippen molar-refractivity contribution in [1.29, 1.82) is 0 Å². The van der Waals surface area contributed by atoms with Gasteiger partial charge in [-0.25, -0.2) is 8.42 Å². The van der Waals surface area contributed by atoms with Gasteiger partial charge in [-0.3, -0.25) is 0 Å². The Morgan fingerprint density at radius 1 is 1.09 bits per heavy atom. The summed E-state index contributed by atoms with van der Waals surface area (Å²) in [4.78, 5) is 1.00. The van der Waals surface area contributed by atoms with Crippen LogP contribution in [-0.2, 0) is 23.0 Å². The standard InChI is InChI=1S/C16H17NO4S2/c1-11-2-3-16(22-11)23(18,19)17-5-4-12-8-14-15(9-13(12)10-17)21-7-6-20-14/h2-3,8-9H,4-7,10H2,1H3. The first-order chi connectivity index (χ1) is 11.0. The molecule has 2 aromatic rings. The van der Waals surface area contributed by atoms with Gasteiger partial charge >= 0.3 is 0 Å². The number of hydrogen-bond donors (Lipinski definition) is 0. The van der Waals surface area contributed by atoms with Gasteiger partial charge in [-0.05, 0) is 48.7 Å². The van der Waals surface area contributed by atoms with E-state index >= 15 is 0 Å². The molecule has 0 spiro atoms. The fourth-order valence-corrected chi connectivity index (χ4v) is 5.81. The molecule has 2 aliphatic heterocycles. The first-order valence-electron chi connectivity index (χ1n) is 7.52. The van der Waals surface area contributed by atoms with Crippen LogP contribution in [0.5, 0.6) is 11.5 Å². The largest absolute Gasteiger partial charge is 0.486 e. The van der Waals surface area contributed by atoms with Crippen LogP contribution < -0.4 is 9.47 Å². The van der Waals surface area contributed by atoms with Gasteiger partial charge in [0.25, 0.3) is 10.0 Å². The Labute approximate surface area is 139 Å². The first-order valence-corrected chi connectivity index (χ1v) is 9.78. The molecule has 0 saturated heterocycles. The molecule has 0 radical (unpaired) electrons. The van der Waals surface area contributed by atoms with Crippen molar-refractivity contribution in [1.82, 2.24) is 4.31 Å². The number of rotatable bonds is 2. The number of thiophene rings is 1. The monoisotopic (exact) mass is 351 g/mol. The summed E-state index contributed by atoms with van der Waals surface area (Å²) in [6, 6.07) is 7.44. The van der Waals surface area contributed by atoms with Crippen LogP contribution in [0.15, 0.2) is 28.5 Å². The molecule has 4 rings (SSSR count). The van der Waals surface area contributed by atoms with Crippen molar-refractivity contribution in [3.63, 3.8) is 0 Å². The van der Waals surface area contributed by atoms with Crippen molar-refractivity contribution in [2.24, 2.45) is 0 Å². The van der Waals surface area contributed by atoms with Crippen molar-refractivity contribution < 1.29 is 17.9 Å². The molecule has 23 heavy (non-hydrogen) atoms. The van der Waals surface area contributed by atoms with E-state index in [1.54, 1.807) is 10.4 Å². The molecule has 2 aliphatic rings. The summed E-state index contributed by atoms with van der Waals surface area (Å²) in [6.45, 7) is 3.88. The van der Waals surface area contributed by atoms with Crippen LogP contribution >= 0.6 is 11.3 Å². The lowest BCUT2D eigenvalue weighted by molar-refractivity contribution is 0.171. The van der Waals surface area contributed by atoms with E-state index in [0.29, 0.717) is 42.7 Å². The maximum atomic E-state index is 12.8. The van der Waals surface area contributed by atoms with Crippen molar-refractivity contribution >= 4 is 21.4 Å². The zero-order valence-corrected chi connectivity index (χ0v) is 14.4. The predicted molar refractivity (Wildman–Crippen MR) is 87.8 cm³/mol. The van der Waals surface area contributed by atoms with E-state index in [9.17, 15) is 8.42 Å². The molecule has 7 heteroatoms. The molecule has 1 aromatic carbocycles. The lowest BCUT2D eigenvalue weighted by Crippen LogP contribution is -2.35. The molecule has 0 atom stereocenters. The van der Waals surface area contributed by atoms with E-state index in [4.69, 9.17) is 9.47 Å². The number of benzene rings is 1. The summed E-state index contributed by atoms with van der Waals surface area (Å²) in [7, 11) is -3.43. The van der Waals surface area contributed by atoms with Crippen LogP contribution in [0, 0.1) is 6.92 Å². The second kappa shape index (κ2) is 5.51. The summed E-state index contributed by atoms with van der Waals surface area (Å²) in [5.74, 6) is 1.47. The predicted octanol–water partition coefficient (Wildman–Crippen LogP) is 2.57. The van der Waals surface area contributed by atoms with Crippen LogP contribution in [0.1, 0.15) is 16.0 Å². The van der Waals surface area contributed by atoms with Gasteiger partial charge in [0.15, 0.2) is 11.5 Å². The Morgan fingerprint density at radius 2 is 1.78 bits per heavy atom. The fraction of sp³-hybridized carbons (Fsp3) is 0.375. The molecular weight excluding hydrogens is 334 g/mol. The van der Waals surface area contributed by atoms with Gasteiger partial charge in [-0.15, -0.1) is 11.3 Å². The third-order valence-corrected chi connectivity index (χ3v) is 7.46. The van der Waals surface area contributed by atoms with Crippen LogP contribution in [-0.4, -0.2) is 32.5 Å². The Kier molecular flexibility index (Phi) is 3.59. The zero-order valence-electron chi connectivity index (χ0n) is 12.7. The minimum absolute atomic E-state index is 0.380. The molecular formula is C16H17NO4S2. The van der Waals surface area contributed by atoms with Crippen LogP contribution in [0.2, 0.25) is 0 Å². The highest BCUT2D eigenvalue weighted by molar-refractivity contribution is 7.91. The second-order valence-electron chi connectivity index (χ2n) is 5.72. The number of fused-ring (bicyclic) bond motifs is 2. The summed E-state index contributed by atoms with van der Waals surface area (Å²) in [6.07, 6.45) is 0.690. The van der Waals surface area contributed by atoms with Gasteiger partial charge in [0, 0.05) is 18.0 Å². The number of hydrogen-bond acceptors (Lipinski definition) is 5. The highest BCUT2D eigenvalue weighted by Crippen LogP contribution is 2.36. The fourth-order valence-electron chi connectivity index (χ4n) is 2.95. The van der Waals surface area contributed by atoms with Gasteiger partial charge in [0.2, 0.25) is 0 Å². The molecule has 0 aliphatic carbocycles. The van der Waals surface area contributed by atoms with E-state index < -0.39 is 10.0 Å². The summed E-state index contributed by atoms with van der Waals surface area (Å²) < 4.78 is 38.7. The van der Waals surface area contributed by atoms with Crippen LogP contribution in [0.4, 0.5) is 0 Å².